The Bertz CT molecular complexity index is 412. The van der Waals surface area contributed by atoms with E-state index in [0.717, 1.165) is 5.56 Å². The molecule has 0 saturated carbocycles. The fraction of sp³-hybridized carbons (Fsp3) is 0.400. The van der Waals surface area contributed by atoms with Crippen LogP contribution in [-0.4, -0.2) is 22.1 Å². The molecule has 16 heavy (non-hydrogen) atoms. The van der Waals surface area contributed by atoms with Crippen LogP contribution in [0.2, 0.25) is 0 Å². The smallest absolute Gasteiger partial charge is 0.423 e. The normalized spacial score (nSPS) is 11.3. The summed E-state index contributed by atoms with van der Waals surface area (Å²) in [4.78, 5) is 10.0. The topological polar surface area (TPSA) is 83.6 Å². The zero-order valence-electron chi connectivity index (χ0n) is 9.47. The second kappa shape index (κ2) is 4.23. The molecule has 1 aromatic rings. The lowest BCUT2D eigenvalue weighted by Gasteiger charge is -2.19. The third-order valence-electron chi connectivity index (χ3n) is 2.37. The third-order valence-corrected chi connectivity index (χ3v) is 2.37. The van der Waals surface area contributed by atoms with Crippen LogP contribution in [0.5, 0.6) is 0 Å². The molecule has 0 aliphatic carbocycles. The van der Waals surface area contributed by atoms with Gasteiger partial charge in [-0.25, -0.2) is 0 Å². The van der Waals surface area contributed by atoms with Crippen LogP contribution in [0.15, 0.2) is 18.2 Å². The molecule has 1 rings (SSSR count). The molecule has 0 aliphatic heterocycles. The quantitative estimate of drug-likeness (QED) is 0.436. The molecule has 5 nitrogen and oxygen atoms in total. The summed E-state index contributed by atoms with van der Waals surface area (Å²) in [5, 5.41) is 28.9. The summed E-state index contributed by atoms with van der Waals surface area (Å²) in [6, 6.07) is 4.39. The number of hydrogen-bond acceptors (Lipinski definition) is 4. The van der Waals surface area contributed by atoms with Crippen molar-refractivity contribution >= 4 is 18.3 Å². The molecular formula is C10H14BNO4. The van der Waals surface area contributed by atoms with E-state index in [4.69, 9.17) is 10.0 Å². The van der Waals surface area contributed by atoms with Gasteiger partial charge in [-0.05, 0) is 11.0 Å². The Balaban J connectivity index is 3.34. The number of benzene rings is 1. The molecule has 0 aliphatic rings. The number of rotatable bonds is 2. The Morgan fingerprint density at radius 3 is 2.25 bits per heavy atom. The lowest BCUT2D eigenvalue weighted by atomic mass is 9.75. The summed E-state index contributed by atoms with van der Waals surface area (Å²) in [6.07, 6.45) is 0. The first-order valence-electron chi connectivity index (χ1n) is 4.88. The minimum Gasteiger partial charge on any atom is -0.423 e. The maximum Gasteiger partial charge on any atom is 0.495 e. The molecule has 0 atom stereocenters. The van der Waals surface area contributed by atoms with E-state index >= 15 is 0 Å². The molecule has 1 aromatic carbocycles. The van der Waals surface area contributed by atoms with Gasteiger partial charge in [0, 0.05) is 6.07 Å². The maximum absolute atomic E-state index is 10.7. The summed E-state index contributed by atoms with van der Waals surface area (Å²) in [7, 11) is -1.83. The first kappa shape index (κ1) is 12.7. The molecule has 0 spiro atoms. The van der Waals surface area contributed by atoms with Gasteiger partial charge in [0.05, 0.1) is 10.4 Å². The van der Waals surface area contributed by atoms with Crippen LogP contribution in [0.4, 0.5) is 5.69 Å². The lowest BCUT2D eigenvalue weighted by Crippen LogP contribution is -2.33. The van der Waals surface area contributed by atoms with Crippen LogP contribution in [-0.2, 0) is 5.41 Å². The minimum atomic E-state index is -1.83. The van der Waals surface area contributed by atoms with Gasteiger partial charge in [0.1, 0.15) is 0 Å². The maximum atomic E-state index is 10.7. The van der Waals surface area contributed by atoms with E-state index in [1.807, 2.05) is 20.8 Å². The van der Waals surface area contributed by atoms with Gasteiger partial charge in [-0.3, -0.25) is 10.1 Å². The van der Waals surface area contributed by atoms with Crippen molar-refractivity contribution in [2.45, 2.75) is 26.2 Å². The number of nitro benzene ring substituents is 1. The molecule has 6 heteroatoms. The molecule has 2 N–H and O–H groups in total. The largest absolute Gasteiger partial charge is 0.495 e. The van der Waals surface area contributed by atoms with Gasteiger partial charge in [-0.1, -0.05) is 32.9 Å². The first-order valence-corrected chi connectivity index (χ1v) is 4.88. The number of nitrogens with zero attached hydrogens (tertiary/aromatic N) is 1. The number of hydrogen-bond donors (Lipinski definition) is 2. The zero-order valence-corrected chi connectivity index (χ0v) is 9.47. The molecule has 0 saturated heterocycles. The van der Waals surface area contributed by atoms with Crippen molar-refractivity contribution in [1.29, 1.82) is 0 Å². The van der Waals surface area contributed by atoms with Crippen LogP contribution >= 0.6 is 0 Å². The van der Waals surface area contributed by atoms with Crippen molar-refractivity contribution in [3.63, 3.8) is 0 Å². The second-order valence-corrected chi connectivity index (χ2v) is 4.65. The molecule has 0 bridgehead atoms. The van der Waals surface area contributed by atoms with Crippen LogP contribution in [0.25, 0.3) is 0 Å². The van der Waals surface area contributed by atoms with E-state index in [0.29, 0.717) is 0 Å². The predicted octanol–water partition coefficient (Wildman–Crippen LogP) is 0.572. The third kappa shape index (κ3) is 2.59. The van der Waals surface area contributed by atoms with Gasteiger partial charge in [0.25, 0.3) is 5.69 Å². The molecule has 0 aromatic heterocycles. The van der Waals surface area contributed by atoms with Gasteiger partial charge in [0.15, 0.2) is 0 Å². The Hall–Kier alpha value is -1.40. The fourth-order valence-corrected chi connectivity index (χ4v) is 1.39. The van der Waals surface area contributed by atoms with E-state index in [2.05, 4.69) is 0 Å². The van der Waals surface area contributed by atoms with Crippen molar-refractivity contribution < 1.29 is 15.0 Å². The Labute approximate surface area is 94.0 Å². The van der Waals surface area contributed by atoms with Crippen molar-refractivity contribution in [3.8, 4) is 0 Å². The molecular weight excluding hydrogens is 209 g/mol. The van der Waals surface area contributed by atoms with Crippen LogP contribution in [0.1, 0.15) is 26.3 Å². The molecule has 0 radical (unpaired) electrons. The standard InChI is InChI=1S/C10H14BNO4/c1-10(2,3)7-4-5-9(12(15)16)8(6-7)11(13)14/h4-6,13-14H,1-3H3. The van der Waals surface area contributed by atoms with Crippen LogP contribution in [0, 0.1) is 10.1 Å². The van der Waals surface area contributed by atoms with E-state index in [1.165, 1.54) is 12.1 Å². The summed E-state index contributed by atoms with van der Waals surface area (Å²) in [6.45, 7) is 5.84. The van der Waals surface area contributed by atoms with E-state index in [-0.39, 0.29) is 16.6 Å². The van der Waals surface area contributed by atoms with Gasteiger partial charge in [-0.15, -0.1) is 0 Å². The SMILES string of the molecule is CC(C)(C)c1ccc([N+](=O)[O-])c(B(O)O)c1. The Kier molecular flexibility index (Phi) is 3.35. The lowest BCUT2D eigenvalue weighted by molar-refractivity contribution is -0.383. The monoisotopic (exact) mass is 223 g/mol. The highest BCUT2D eigenvalue weighted by Gasteiger charge is 2.26. The molecule has 0 fully saturated rings. The molecule has 0 heterocycles. The number of nitro groups is 1. The predicted molar refractivity (Wildman–Crippen MR) is 61.6 cm³/mol. The fourth-order valence-electron chi connectivity index (χ4n) is 1.39. The first-order chi connectivity index (χ1) is 7.23. The van der Waals surface area contributed by atoms with Crippen LogP contribution < -0.4 is 5.46 Å². The Morgan fingerprint density at radius 2 is 1.88 bits per heavy atom. The Morgan fingerprint density at radius 1 is 1.31 bits per heavy atom. The van der Waals surface area contributed by atoms with Gasteiger partial charge >= 0.3 is 7.12 Å². The van der Waals surface area contributed by atoms with Crippen molar-refractivity contribution in [2.24, 2.45) is 0 Å². The highest BCUT2D eigenvalue weighted by atomic mass is 16.6. The molecule has 0 unspecified atom stereocenters. The van der Waals surface area contributed by atoms with E-state index in [9.17, 15) is 10.1 Å². The van der Waals surface area contributed by atoms with E-state index in [1.54, 1.807) is 6.07 Å². The summed E-state index contributed by atoms with van der Waals surface area (Å²) in [5.41, 5.74) is 0.278. The van der Waals surface area contributed by atoms with Gasteiger partial charge in [0.2, 0.25) is 0 Å². The highest BCUT2D eigenvalue weighted by molar-refractivity contribution is 6.60. The van der Waals surface area contributed by atoms with E-state index < -0.39 is 12.0 Å². The molecule has 0 amide bonds. The molecule has 86 valence electrons. The van der Waals surface area contributed by atoms with Crippen molar-refractivity contribution in [1.82, 2.24) is 0 Å². The van der Waals surface area contributed by atoms with Crippen molar-refractivity contribution in [2.75, 3.05) is 0 Å². The minimum absolute atomic E-state index is 0.0718. The highest BCUT2D eigenvalue weighted by Crippen LogP contribution is 2.23. The second-order valence-electron chi connectivity index (χ2n) is 4.65. The average Bonchev–Trinajstić information content (AvgIpc) is 2.15. The summed E-state index contributed by atoms with van der Waals surface area (Å²) < 4.78 is 0. The zero-order chi connectivity index (χ0) is 12.5. The average molecular weight is 223 g/mol. The summed E-state index contributed by atoms with van der Waals surface area (Å²) >= 11 is 0. The van der Waals surface area contributed by atoms with Crippen LogP contribution in [0.3, 0.4) is 0 Å². The van der Waals surface area contributed by atoms with Gasteiger partial charge in [-0.2, -0.15) is 0 Å². The van der Waals surface area contributed by atoms with Crippen molar-refractivity contribution in [3.05, 3.63) is 33.9 Å². The van der Waals surface area contributed by atoms with Gasteiger partial charge < -0.3 is 10.0 Å². The summed E-state index contributed by atoms with van der Waals surface area (Å²) in [5.74, 6) is 0.